The Kier molecular flexibility index (Phi) is 9.59. The number of amides is 3. The molecule has 1 saturated carbocycles. The minimum Gasteiger partial charge on any atom is -0.482 e. The second kappa shape index (κ2) is 13.5. The molecule has 11 nitrogen and oxygen atoms in total. The highest BCUT2D eigenvalue weighted by Gasteiger charge is 2.35. The molecule has 43 heavy (non-hydrogen) atoms. The highest BCUT2D eigenvalue weighted by Crippen LogP contribution is 2.40. The van der Waals surface area contributed by atoms with Crippen molar-refractivity contribution < 1.29 is 33.8 Å². The number of aliphatic hydroxyl groups is 1. The molecule has 5 rings (SSSR count). The van der Waals surface area contributed by atoms with Crippen molar-refractivity contribution in [2.45, 2.75) is 82.6 Å². The third-order valence-electron chi connectivity index (χ3n) is 8.34. The first-order chi connectivity index (χ1) is 20.7. The summed E-state index contributed by atoms with van der Waals surface area (Å²) in [5.74, 6) is -0.709. The first-order valence-corrected chi connectivity index (χ1v) is 15.2. The Bertz CT molecular complexity index is 1310. The van der Waals surface area contributed by atoms with Crippen LogP contribution in [0.3, 0.4) is 0 Å². The van der Waals surface area contributed by atoms with Gasteiger partial charge in [-0.05, 0) is 68.2 Å². The van der Waals surface area contributed by atoms with Crippen molar-refractivity contribution >= 4 is 23.7 Å². The van der Waals surface area contributed by atoms with Gasteiger partial charge in [0.25, 0.3) is 5.91 Å². The molecule has 2 aliphatic heterocycles. The predicted octanol–water partition coefficient (Wildman–Crippen LogP) is 2.64. The molecule has 11 heteroatoms. The van der Waals surface area contributed by atoms with Crippen LogP contribution in [0.15, 0.2) is 42.6 Å². The molecule has 0 bridgehead atoms. The lowest BCUT2D eigenvalue weighted by Gasteiger charge is -2.34. The van der Waals surface area contributed by atoms with Crippen molar-refractivity contribution in [3.05, 3.63) is 59.4 Å². The summed E-state index contributed by atoms with van der Waals surface area (Å²) in [5, 5.41) is 15.8. The number of carbonyl (C=O) groups is 4. The van der Waals surface area contributed by atoms with Crippen LogP contribution in [0.5, 0.6) is 5.75 Å². The number of pyridine rings is 1. The average molecular weight is 593 g/mol. The van der Waals surface area contributed by atoms with Crippen molar-refractivity contribution in [3.8, 4) is 5.75 Å². The highest BCUT2D eigenvalue weighted by atomic mass is 16.5. The van der Waals surface area contributed by atoms with Gasteiger partial charge in [0.2, 0.25) is 11.8 Å². The number of nitrogens with one attached hydrogen (secondary N) is 2. The van der Waals surface area contributed by atoms with E-state index < -0.39 is 30.1 Å². The number of likely N-dealkylation sites (tertiary alicyclic amines) is 1. The molecule has 1 unspecified atom stereocenters. The maximum atomic E-state index is 13.0. The smallest absolute Gasteiger partial charge is 0.306 e. The number of carbonyl (C=O) groups excluding carboxylic acids is 4. The minimum atomic E-state index is -1.10. The van der Waals surface area contributed by atoms with E-state index in [9.17, 15) is 24.3 Å². The number of benzene rings is 1. The van der Waals surface area contributed by atoms with Gasteiger partial charge in [-0.1, -0.05) is 31.2 Å². The van der Waals surface area contributed by atoms with Crippen LogP contribution in [0.1, 0.15) is 86.0 Å². The molecule has 1 aromatic carbocycles. The summed E-state index contributed by atoms with van der Waals surface area (Å²) in [6.45, 7) is 4.63. The van der Waals surface area contributed by atoms with Gasteiger partial charge in [0.05, 0.1) is 24.6 Å². The summed E-state index contributed by atoms with van der Waals surface area (Å²) in [4.78, 5) is 55.7. The number of cyclic esters (lactones) is 1. The van der Waals surface area contributed by atoms with Crippen LogP contribution < -0.4 is 15.4 Å². The van der Waals surface area contributed by atoms with Crippen LogP contribution in [0.4, 0.5) is 0 Å². The fraction of sp³-hybridized carbons (Fsp3) is 0.531. The maximum absolute atomic E-state index is 13.0. The number of rotatable bonds is 11. The number of aromatic nitrogens is 1. The number of hydrogen-bond donors (Lipinski definition) is 3. The zero-order valence-electron chi connectivity index (χ0n) is 24.7. The predicted molar refractivity (Wildman–Crippen MR) is 156 cm³/mol. The first-order valence-electron chi connectivity index (χ1n) is 15.2. The van der Waals surface area contributed by atoms with Gasteiger partial charge in [0, 0.05) is 19.1 Å². The summed E-state index contributed by atoms with van der Waals surface area (Å²) in [5.41, 5.74) is 2.36. The van der Waals surface area contributed by atoms with E-state index in [2.05, 4.69) is 27.8 Å². The maximum Gasteiger partial charge on any atom is 0.306 e. The molecule has 3 fully saturated rings. The van der Waals surface area contributed by atoms with Crippen LogP contribution in [0, 0.1) is 5.92 Å². The van der Waals surface area contributed by atoms with Gasteiger partial charge in [-0.15, -0.1) is 0 Å². The number of nitrogens with zero attached hydrogens (tertiary/aromatic N) is 2. The van der Waals surface area contributed by atoms with Gasteiger partial charge in [-0.2, -0.15) is 0 Å². The molecule has 5 atom stereocenters. The second-order valence-corrected chi connectivity index (χ2v) is 11.8. The van der Waals surface area contributed by atoms with Crippen molar-refractivity contribution in [3.63, 3.8) is 0 Å². The zero-order valence-corrected chi connectivity index (χ0v) is 24.7. The zero-order chi connectivity index (χ0) is 30.5. The first kappa shape index (κ1) is 30.5. The van der Waals surface area contributed by atoms with Crippen molar-refractivity contribution in [2.24, 2.45) is 5.92 Å². The molecule has 1 aliphatic carbocycles. The molecule has 1 aromatic heterocycles. The van der Waals surface area contributed by atoms with Gasteiger partial charge >= 0.3 is 5.97 Å². The van der Waals surface area contributed by atoms with Crippen molar-refractivity contribution in [1.82, 2.24) is 20.5 Å². The lowest BCUT2D eigenvalue weighted by molar-refractivity contribution is -0.138. The number of piperidine rings is 1. The van der Waals surface area contributed by atoms with E-state index >= 15 is 0 Å². The van der Waals surface area contributed by atoms with Crippen LogP contribution in [-0.2, 0) is 19.1 Å². The van der Waals surface area contributed by atoms with Crippen LogP contribution >= 0.6 is 0 Å². The fourth-order valence-corrected chi connectivity index (χ4v) is 5.63. The average Bonchev–Trinajstić information content (AvgIpc) is 3.79. The van der Waals surface area contributed by atoms with Gasteiger partial charge in [-0.3, -0.25) is 19.2 Å². The molecule has 2 saturated heterocycles. The van der Waals surface area contributed by atoms with Crippen molar-refractivity contribution in [1.29, 1.82) is 0 Å². The Labute approximate surface area is 251 Å². The Balaban J connectivity index is 1.21. The summed E-state index contributed by atoms with van der Waals surface area (Å²) in [7, 11) is 0. The van der Waals surface area contributed by atoms with Crippen LogP contribution in [0.2, 0.25) is 0 Å². The van der Waals surface area contributed by atoms with Crippen LogP contribution in [0.25, 0.3) is 0 Å². The molecule has 3 amide bonds. The third-order valence-corrected chi connectivity index (χ3v) is 8.34. The van der Waals surface area contributed by atoms with Crippen LogP contribution in [-0.4, -0.2) is 76.6 Å². The molecule has 3 N–H and O–H groups in total. The number of hydrogen-bond acceptors (Lipinski definition) is 8. The molecule has 0 spiro atoms. The quantitative estimate of drug-likeness (QED) is 0.338. The summed E-state index contributed by atoms with van der Waals surface area (Å²) in [6, 6.07) is 10.7. The molecule has 0 radical (unpaired) electrons. The van der Waals surface area contributed by atoms with Gasteiger partial charge in [0.15, 0.2) is 0 Å². The number of ether oxygens (including phenoxy) is 2. The number of esters is 1. The topological polar surface area (TPSA) is 147 Å². The van der Waals surface area contributed by atoms with E-state index in [-0.39, 0.29) is 42.5 Å². The molecule has 3 aliphatic rings. The fourth-order valence-electron chi connectivity index (χ4n) is 5.63. The standard InChI is InChI=1S/C32H40N4O7/c1-3-27(37)31(40)34-19(2)29(22-10-8-21(9-11-22)20-6-7-20)43-25-12-13-26(33-16-25)30(39)35-24-5-4-14-36(17-24)32(41)23-15-28(38)42-18-23/h8-13,16,19-20,23-24,27,29,37H,3-7,14-15,17-18H2,1-2H3,(H,34,40)(H,35,39)/t19-,23+,24?,27-,29-/m0/s1. The Morgan fingerprint density at radius 1 is 1.14 bits per heavy atom. The van der Waals surface area contributed by atoms with E-state index in [0.717, 1.165) is 18.4 Å². The van der Waals surface area contributed by atoms with Gasteiger partial charge in [0.1, 0.15) is 30.3 Å². The largest absolute Gasteiger partial charge is 0.482 e. The molecular formula is C32H40N4O7. The molecule has 2 aromatic rings. The van der Waals surface area contributed by atoms with E-state index in [1.165, 1.54) is 24.6 Å². The third kappa shape index (κ3) is 7.70. The monoisotopic (exact) mass is 592 g/mol. The Morgan fingerprint density at radius 2 is 1.91 bits per heavy atom. The van der Waals surface area contributed by atoms with Gasteiger partial charge < -0.3 is 30.1 Å². The summed E-state index contributed by atoms with van der Waals surface area (Å²) < 4.78 is 11.2. The van der Waals surface area contributed by atoms with E-state index in [1.807, 2.05) is 19.1 Å². The Morgan fingerprint density at radius 3 is 2.53 bits per heavy atom. The molecular weight excluding hydrogens is 552 g/mol. The number of aliphatic hydroxyl groups excluding tert-OH is 1. The summed E-state index contributed by atoms with van der Waals surface area (Å²) >= 11 is 0. The normalized spacial score (nSPS) is 22.2. The summed E-state index contributed by atoms with van der Waals surface area (Å²) in [6.07, 6.45) is 4.08. The minimum absolute atomic E-state index is 0.100. The van der Waals surface area contributed by atoms with E-state index in [0.29, 0.717) is 31.2 Å². The van der Waals surface area contributed by atoms with Crippen molar-refractivity contribution in [2.75, 3.05) is 19.7 Å². The SMILES string of the molecule is CC[C@H](O)C(=O)N[C@@H](C)[C@H](Oc1ccc(C(=O)NC2CCCN(C(=O)[C@H]3COC(=O)C3)C2)nc1)c1ccc(C2CC2)cc1. The van der Waals surface area contributed by atoms with Gasteiger partial charge in [-0.25, -0.2) is 4.98 Å². The molecule has 230 valence electrons. The Hall–Kier alpha value is -3.99. The second-order valence-electron chi connectivity index (χ2n) is 11.8. The lowest BCUT2D eigenvalue weighted by Crippen LogP contribution is -2.51. The molecule has 3 heterocycles. The van der Waals surface area contributed by atoms with E-state index in [1.54, 1.807) is 24.0 Å². The lowest BCUT2D eigenvalue weighted by atomic mass is 10.00. The highest BCUT2D eigenvalue weighted by molar-refractivity contribution is 5.92. The van der Waals surface area contributed by atoms with E-state index in [4.69, 9.17) is 9.47 Å².